The molecule has 0 unspecified atom stereocenters. The zero-order chi connectivity index (χ0) is 25.5. The van der Waals surface area contributed by atoms with Crippen molar-refractivity contribution in [2.45, 2.75) is 11.3 Å². The van der Waals surface area contributed by atoms with Crippen molar-refractivity contribution >= 4 is 21.4 Å². The number of pyridine rings is 1. The van der Waals surface area contributed by atoms with Crippen LogP contribution < -0.4 is 0 Å². The summed E-state index contributed by atoms with van der Waals surface area (Å²) in [4.78, 5) is 29.5. The second kappa shape index (κ2) is 10.9. The molecule has 0 radical (unpaired) electrons. The summed E-state index contributed by atoms with van der Waals surface area (Å²) in [5.41, 5.74) is 2.69. The lowest BCUT2D eigenvalue weighted by Crippen LogP contribution is -2.04. The summed E-state index contributed by atoms with van der Waals surface area (Å²) < 4.78 is 29.9. The van der Waals surface area contributed by atoms with Crippen LogP contribution in [0.3, 0.4) is 0 Å². The minimum atomic E-state index is -2.89. The first kappa shape index (κ1) is 24.7. The lowest BCUT2D eigenvalue weighted by Gasteiger charge is -2.03. The molecule has 4 aromatic rings. The smallest absolute Gasteiger partial charge is 0.286 e. The van der Waals surface area contributed by atoms with Crippen LogP contribution in [-0.2, 0) is 16.1 Å². The Kier molecular flexibility index (Phi) is 7.47. The summed E-state index contributed by atoms with van der Waals surface area (Å²) in [7, 11) is -2.89. The van der Waals surface area contributed by atoms with Crippen molar-refractivity contribution in [3.63, 3.8) is 0 Å². The average molecular weight is 497 g/mol. The number of aromatic nitrogens is 1. The standard InChI is InChI=1S/C29H21FN2O3S/c1-36(35,27-5-3-2-4-6-27)32-29(34)25-17-23(19-31-20-25)12-9-21-7-10-22(11-8-21)18-28(33)24-13-15-26(30)16-14-24/h2-8,10-11,13-17,19-20H,18H2,1H3/t36-/m0/s1. The minimum absolute atomic E-state index is 0.102. The summed E-state index contributed by atoms with van der Waals surface area (Å²) in [6.07, 6.45) is 4.51. The first-order valence-corrected chi connectivity index (χ1v) is 12.9. The second-order valence-corrected chi connectivity index (χ2v) is 10.3. The van der Waals surface area contributed by atoms with E-state index in [0.29, 0.717) is 16.0 Å². The molecule has 0 N–H and O–H groups in total. The number of rotatable bonds is 5. The van der Waals surface area contributed by atoms with Crippen LogP contribution in [0.25, 0.3) is 0 Å². The van der Waals surface area contributed by atoms with Gasteiger partial charge in [0.1, 0.15) is 5.82 Å². The van der Waals surface area contributed by atoms with Crippen molar-refractivity contribution in [2.75, 3.05) is 6.26 Å². The van der Waals surface area contributed by atoms with Gasteiger partial charge in [0.05, 0.1) is 15.3 Å². The van der Waals surface area contributed by atoms with E-state index in [1.165, 1.54) is 42.9 Å². The molecule has 0 fully saturated rings. The van der Waals surface area contributed by atoms with E-state index in [0.717, 1.165) is 11.1 Å². The molecular formula is C29H21FN2O3S. The van der Waals surface area contributed by atoms with E-state index in [4.69, 9.17) is 0 Å². The summed E-state index contributed by atoms with van der Waals surface area (Å²) in [5, 5.41) is 0. The van der Waals surface area contributed by atoms with Gasteiger partial charge in [-0.15, -0.1) is 0 Å². The van der Waals surface area contributed by atoms with E-state index >= 15 is 0 Å². The average Bonchev–Trinajstić information content (AvgIpc) is 2.89. The largest absolute Gasteiger partial charge is 0.294 e. The van der Waals surface area contributed by atoms with E-state index < -0.39 is 15.6 Å². The van der Waals surface area contributed by atoms with Gasteiger partial charge in [-0.2, -0.15) is 4.36 Å². The third-order valence-electron chi connectivity index (χ3n) is 5.26. The summed E-state index contributed by atoms with van der Waals surface area (Å²) in [6, 6.07) is 22.9. The molecule has 3 aromatic carbocycles. The molecule has 1 amide bonds. The molecule has 4 rings (SSSR count). The maximum absolute atomic E-state index is 13.0. The molecule has 0 saturated carbocycles. The molecule has 1 atom stereocenters. The fourth-order valence-electron chi connectivity index (χ4n) is 3.34. The monoisotopic (exact) mass is 496 g/mol. The van der Waals surface area contributed by atoms with Crippen LogP contribution in [0.5, 0.6) is 0 Å². The number of nitrogens with zero attached hydrogens (tertiary/aromatic N) is 2. The topological polar surface area (TPSA) is 76.5 Å². The first-order chi connectivity index (χ1) is 17.3. The number of benzene rings is 3. The number of carbonyl (C=O) groups excluding carboxylic acids is 2. The predicted molar refractivity (Wildman–Crippen MR) is 137 cm³/mol. The number of Topliss-reactive ketones (excluding diaryl/α,β-unsaturated/α-hetero) is 1. The van der Waals surface area contributed by atoms with Gasteiger partial charge in [0.15, 0.2) is 5.78 Å². The molecule has 7 heteroatoms. The van der Waals surface area contributed by atoms with E-state index in [1.807, 2.05) is 12.1 Å². The Morgan fingerprint density at radius 3 is 2.22 bits per heavy atom. The van der Waals surface area contributed by atoms with Crippen molar-refractivity contribution < 1.29 is 18.2 Å². The Bertz CT molecular complexity index is 1590. The van der Waals surface area contributed by atoms with E-state index in [-0.39, 0.29) is 23.6 Å². The highest BCUT2D eigenvalue weighted by atomic mass is 32.2. The summed E-state index contributed by atoms with van der Waals surface area (Å²) >= 11 is 0. The minimum Gasteiger partial charge on any atom is -0.294 e. The second-order valence-electron chi connectivity index (χ2n) is 8.03. The molecule has 1 heterocycles. The Hall–Kier alpha value is -4.41. The van der Waals surface area contributed by atoms with Gasteiger partial charge in [-0.1, -0.05) is 42.2 Å². The maximum Gasteiger partial charge on any atom is 0.286 e. The molecule has 5 nitrogen and oxygen atoms in total. The molecule has 1 aromatic heterocycles. The van der Waals surface area contributed by atoms with Gasteiger partial charge >= 0.3 is 0 Å². The van der Waals surface area contributed by atoms with Crippen molar-refractivity contribution in [1.29, 1.82) is 0 Å². The van der Waals surface area contributed by atoms with Crippen molar-refractivity contribution in [3.8, 4) is 11.8 Å². The Morgan fingerprint density at radius 1 is 0.861 bits per heavy atom. The Balaban J connectivity index is 1.46. The molecule has 0 saturated heterocycles. The highest BCUT2D eigenvalue weighted by molar-refractivity contribution is 7.93. The van der Waals surface area contributed by atoms with Gasteiger partial charge in [-0.05, 0) is 60.2 Å². The van der Waals surface area contributed by atoms with Crippen LogP contribution in [-0.4, -0.2) is 27.1 Å². The SMILES string of the molecule is C[S@@](=O)(=NC(=O)c1cncc(C#Cc2ccc(CC(=O)c3ccc(F)cc3)cc2)c1)c1ccccc1. The molecule has 0 aliphatic heterocycles. The molecule has 36 heavy (non-hydrogen) atoms. The fraction of sp³-hybridized carbons (Fsp3) is 0.0690. The van der Waals surface area contributed by atoms with Gasteiger partial charge in [0.2, 0.25) is 0 Å². The quantitative estimate of drug-likeness (QED) is 0.276. The van der Waals surface area contributed by atoms with Gasteiger partial charge in [-0.3, -0.25) is 14.6 Å². The zero-order valence-electron chi connectivity index (χ0n) is 19.4. The van der Waals surface area contributed by atoms with Crippen molar-refractivity contribution in [1.82, 2.24) is 4.98 Å². The number of amides is 1. The predicted octanol–water partition coefficient (Wildman–Crippen LogP) is 5.34. The summed E-state index contributed by atoms with van der Waals surface area (Å²) in [5.74, 6) is 4.85. The Morgan fingerprint density at radius 2 is 1.53 bits per heavy atom. The van der Waals surface area contributed by atoms with E-state index in [1.54, 1.807) is 48.5 Å². The molecule has 0 aliphatic rings. The van der Waals surface area contributed by atoms with Gasteiger partial charge in [0.25, 0.3) is 5.91 Å². The zero-order valence-corrected chi connectivity index (χ0v) is 20.2. The van der Waals surface area contributed by atoms with Crippen molar-refractivity contribution in [2.24, 2.45) is 4.36 Å². The lowest BCUT2D eigenvalue weighted by atomic mass is 10.0. The lowest BCUT2D eigenvalue weighted by molar-refractivity contribution is 0.0988. The van der Waals surface area contributed by atoms with Crippen LogP contribution >= 0.6 is 0 Å². The molecule has 0 bridgehead atoms. The normalized spacial score (nSPS) is 12.1. The van der Waals surface area contributed by atoms with Crippen LogP contribution in [0, 0.1) is 17.7 Å². The van der Waals surface area contributed by atoms with E-state index in [9.17, 15) is 18.2 Å². The van der Waals surface area contributed by atoms with Crippen molar-refractivity contribution in [3.05, 3.63) is 131 Å². The van der Waals surface area contributed by atoms with Crippen LogP contribution in [0.2, 0.25) is 0 Å². The number of halogens is 1. The molecule has 0 aliphatic carbocycles. The third kappa shape index (κ3) is 6.38. The number of ketones is 1. The van der Waals surface area contributed by atoms with Gasteiger partial charge in [0, 0.05) is 46.7 Å². The van der Waals surface area contributed by atoms with Crippen LogP contribution in [0.4, 0.5) is 4.39 Å². The molecule has 0 spiro atoms. The fourth-order valence-corrected chi connectivity index (χ4v) is 4.52. The Labute approximate surface area is 209 Å². The van der Waals surface area contributed by atoms with Gasteiger partial charge < -0.3 is 0 Å². The first-order valence-electron chi connectivity index (χ1n) is 11.0. The summed E-state index contributed by atoms with van der Waals surface area (Å²) in [6.45, 7) is 0. The van der Waals surface area contributed by atoms with E-state index in [2.05, 4.69) is 21.2 Å². The van der Waals surface area contributed by atoms with Crippen LogP contribution in [0.15, 0.2) is 107 Å². The number of carbonyl (C=O) groups is 2. The van der Waals surface area contributed by atoms with Gasteiger partial charge in [-0.25, -0.2) is 8.60 Å². The highest BCUT2D eigenvalue weighted by Crippen LogP contribution is 2.14. The molecule has 178 valence electrons. The number of hydrogen-bond acceptors (Lipinski definition) is 4. The maximum atomic E-state index is 13.0. The van der Waals surface area contributed by atoms with Crippen LogP contribution in [0.1, 0.15) is 37.4 Å². The molecular weight excluding hydrogens is 475 g/mol. The number of hydrogen-bond donors (Lipinski definition) is 0. The third-order valence-corrected chi connectivity index (χ3v) is 6.92. The highest BCUT2D eigenvalue weighted by Gasteiger charge is 2.12.